The molecular formula is C43H34O4P2. The second-order valence-corrected chi connectivity index (χ2v) is 16.2. The van der Waals surface area contributed by atoms with Crippen LogP contribution in [-0.2, 0) is 9.13 Å². The molecule has 240 valence electrons. The van der Waals surface area contributed by atoms with E-state index in [2.05, 4.69) is 24.3 Å². The van der Waals surface area contributed by atoms with Gasteiger partial charge in [-0.3, -0.25) is 9.13 Å². The number of hydrogen-bond donors (Lipinski definition) is 0. The molecule has 6 heteroatoms. The number of hydrogen-bond acceptors (Lipinski definition) is 4. The van der Waals surface area contributed by atoms with Crippen molar-refractivity contribution in [3.63, 3.8) is 0 Å². The normalized spacial score (nSPS) is 11.6. The van der Waals surface area contributed by atoms with Crippen LogP contribution in [0.1, 0.15) is 22.6 Å². The molecule has 0 aliphatic carbocycles. The summed E-state index contributed by atoms with van der Waals surface area (Å²) in [6.07, 6.45) is 0. The van der Waals surface area contributed by atoms with E-state index >= 15 is 4.57 Å². The summed E-state index contributed by atoms with van der Waals surface area (Å²) in [6, 6.07) is 62.9. The molecule has 0 aliphatic heterocycles. The summed E-state index contributed by atoms with van der Waals surface area (Å²) >= 11 is 0. The minimum Gasteiger partial charge on any atom is -0.437 e. The SMILES string of the molecule is O=P(Oc1ccc(OP(=O)(c2ccccc2)c2ccccc2)c(C(c2ccccc2)c2ccccc2)c1)(c1ccccc1)c1ccccc1. The fraction of sp³-hybridized carbons (Fsp3) is 0.0233. The maximum atomic E-state index is 15.2. The molecular weight excluding hydrogens is 642 g/mol. The van der Waals surface area contributed by atoms with Gasteiger partial charge < -0.3 is 9.05 Å². The van der Waals surface area contributed by atoms with Gasteiger partial charge >= 0.3 is 14.7 Å². The van der Waals surface area contributed by atoms with Crippen molar-refractivity contribution in [2.45, 2.75) is 5.92 Å². The third kappa shape index (κ3) is 6.80. The van der Waals surface area contributed by atoms with Gasteiger partial charge in [-0.25, -0.2) is 0 Å². The Morgan fingerprint density at radius 3 is 1.06 bits per heavy atom. The van der Waals surface area contributed by atoms with Crippen molar-refractivity contribution in [3.05, 3.63) is 217 Å². The molecule has 7 aromatic carbocycles. The van der Waals surface area contributed by atoms with Crippen LogP contribution in [0.4, 0.5) is 0 Å². The molecule has 7 rings (SSSR count). The fourth-order valence-corrected chi connectivity index (χ4v) is 10.2. The zero-order valence-electron chi connectivity index (χ0n) is 26.7. The highest BCUT2D eigenvalue weighted by atomic mass is 31.2. The summed E-state index contributed by atoms with van der Waals surface area (Å²) in [6.45, 7) is 0. The lowest BCUT2D eigenvalue weighted by atomic mass is 9.84. The Bertz CT molecular complexity index is 2090. The van der Waals surface area contributed by atoms with Gasteiger partial charge in [-0.05, 0) is 77.9 Å². The maximum Gasteiger partial charge on any atom is 0.306 e. The molecule has 7 aromatic rings. The molecule has 0 amide bonds. The van der Waals surface area contributed by atoms with Crippen LogP contribution in [0.2, 0.25) is 0 Å². The molecule has 0 saturated carbocycles. The Balaban J connectivity index is 1.43. The molecule has 0 saturated heterocycles. The molecule has 4 nitrogen and oxygen atoms in total. The van der Waals surface area contributed by atoms with E-state index in [0.717, 1.165) is 16.7 Å². The smallest absolute Gasteiger partial charge is 0.306 e. The first-order valence-electron chi connectivity index (χ1n) is 16.1. The van der Waals surface area contributed by atoms with Crippen LogP contribution >= 0.6 is 14.7 Å². The van der Waals surface area contributed by atoms with Crippen LogP contribution < -0.4 is 30.3 Å². The molecule has 0 unspecified atom stereocenters. The average Bonchev–Trinajstić information content (AvgIpc) is 3.18. The Kier molecular flexibility index (Phi) is 9.44. The van der Waals surface area contributed by atoms with E-state index in [9.17, 15) is 4.57 Å². The Hall–Kier alpha value is -5.40. The van der Waals surface area contributed by atoms with Gasteiger partial charge in [-0.2, -0.15) is 0 Å². The molecule has 0 atom stereocenters. The first-order chi connectivity index (χ1) is 24.0. The third-order valence-electron chi connectivity index (χ3n) is 8.40. The predicted octanol–water partition coefficient (Wildman–Crippen LogP) is 9.48. The molecule has 0 aromatic heterocycles. The van der Waals surface area contributed by atoms with Gasteiger partial charge in [0.05, 0.1) is 21.2 Å². The lowest BCUT2D eigenvalue weighted by Gasteiger charge is -2.27. The van der Waals surface area contributed by atoms with Gasteiger partial charge in [0.25, 0.3) is 0 Å². The largest absolute Gasteiger partial charge is 0.437 e. The van der Waals surface area contributed by atoms with Crippen molar-refractivity contribution in [3.8, 4) is 11.5 Å². The average molecular weight is 677 g/mol. The number of benzene rings is 7. The van der Waals surface area contributed by atoms with Crippen LogP contribution in [0.15, 0.2) is 200 Å². The van der Waals surface area contributed by atoms with E-state index in [4.69, 9.17) is 9.05 Å². The molecule has 49 heavy (non-hydrogen) atoms. The van der Waals surface area contributed by atoms with E-state index in [1.165, 1.54) is 0 Å². The highest BCUT2D eigenvalue weighted by molar-refractivity contribution is 7.75. The van der Waals surface area contributed by atoms with E-state index in [1.807, 2.05) is 164 Å². The summed E-state index contributed by atoms with van der Waals surface area (Å²) in [5, 5.41) is 2.34. The standard InChI is InChI=1S/C43H34O4P2/c44-48(37-23-11-3-12-24-37,38-25-13-4-14-26-38)46-36-31-32-42(47-49(45,39-27-15-5-16-28-39)40-29-17-6-18-30-40)41(33-36)43(34-19-7-1-8-20-34)35-21-9-2-10-22-35/h1-33,43H. The van der Waals surface area contributed by atoms with Crippen molar-refractivity contribution in [2.24, 2.45) is 0 Å². The van der Waals surface area contributed by atoms with Crippen molar-refractivity contribution >= 4 is 36.0 Å². The van der Waals surface area contributed by atoms with E-state index in [1.54, 1.807) is 12.1 Å². The van der Waals surface area contributed by atoms with Gasteiger partial charge in [-0.1, -0.05) is 133 Å². The lowest BCUT2D eigenvalue weighted by molar-refractivity contribution is 0.491. The van der Waals surface area contributed by atoms with Crippen molar-refractivity contribution < 1.29 is 18.2 Å². The first kappa shape index (κ1) is 32.2. The Morgan fingerprint density at radius 2 is 0.694 bits per heavy atom. The van der Waals surface area contributed by atoms with E-state index in [0.29, 0.717) is 32.7 Å². The monoisotopic (exact) mass is 676 g/mol. The topological polar surface area (TPSA) is 52.6 Å². The van der Waals surface area contributed by atoms with E-state index in [-0.39, 0.29) is 5.92 Å². The maximum absolute atomic E-state index is 15.2. The van der Waals surface area contributed by atoms with Crippen LogP contribution in [0, 0.1) is 0 Å². The molecule has 0 radical (unpaired) electrons. The predicted molar refractivity (Wildman–Crippen MR) is 201 cm³/mol. The van der Waals surface area contributed by atoms with Crippen molar-refractivity contribution in [1.29, 1.82) is 0 Å². The molecule has 0 fully saturated rings. The molecule has 0 heterocycles. The Morgan fingerprint density at radius 1 is 0.367 bits per heavy atom. The second-order valence-electron chi connectivity index (χ2n) is 11.6. The van der Waals surface area contributed by atoms with Gasteiger partial charge in [0.2, 0.25) is 0 Å². The summed E-state index contributed by atoms with van der Waals surface area (Å²) in [4.78, 5) is 0. The van der Waals surface area contributed by atoms with Crippen molar-refractivity contribution in [2.75, 3.05) is 0 Å². The van der Waals surface area contributed by atoms with Gasteiger partial charge in [0.15, 0.2) is 0 Å². The first-order valence-corrected chi connectivity index (χ1v) is 19.4. The van der Waals surface area contributed by atoms with Crippen LogP contribution in [0.25, 0.3) is 0 Å². The zero-order chi connectivity index (χ0) is 33.5. The highest BCUT2D eigenvalue weighted by Crippen LogP contribution is 2.51. The highest BCUT2D eigenvalue weighted by Gasteiger charge is 2.34. The summed E-state index contributed by atoms with van der Waals surface area (Å²) in [5.74, 6) is 0.522. The van der Waals surface area contributed by atoms with Crippen molar-refractivity contribution in [1.82, 2.24) is 0 Å². The fourth-order valence-electron chi connectivity index (χ4n) is 6.03. The quantitative estimate of drug-likeness (QED) is 0.101. The Labute approximate surface area is 287 Å². The molecule has 0 bridgehead atoms. The molecule has 0 spiro atoms. The lowest BCUT2D eigenvalue weighted by Crippen LogP contribution is -2.21. The second kappa shape index (κ2) is 14.4. The van der Waals surface area contributed by atoms with Crippen LogP contribution in [0.3, 0.4) is 0 Å². The summed E-state index contributed by atoms with van der Waals surface area (Å²) in [5.41, 5.74) is 2.76. The van der Waals surface area contributed by atoms with Gasteiger partial charge in [0, 0.05) is 11.5 Å². The summed E-state index contributed by atoms with van der Waals surface area (Å²) in [7, 11) is -7.23. The van der Waals surface area contributed by atoms with Gasteiger partial charge in [-0.15, -0.1) is 0 Å². The van der Waals surface area contributed by atoms with Crippen LogP contribution in [0.5, 0.6) is 11.5 Å². The van der Waals surface area contributed by atoms with E-state index < -0.39 is 14.7 Å². The van der Waals surface area contributed by atoms with Crippen LogP contribution in [-0.4, -0.2) is 0 Å². The van der Waals surface area contributed by atoms with Gasteiger partial charge in [0.1, 0.15) is 11.5 Å². The molecule has 0 N–H and O–H groups in total. The minimum absolute atomic E-state index is 0.325. The number of rotatable bonds is 11. The molecule has 0 aliphatic rings. The zero-order valence-corrected chi connectivity index (χ0v) is 28.4. The summed E-state index contributed by atoms with van der Waals surface area (Å²) < 4.78 is 43.6. The third-order valence-corrected chi connectivity index (χ3v) is 13.2. The minimum atomic E-state index is -3.64.